The maximum atomic E-state index is 12.7. The van der Waals surface area contributed by atoms with Crippen LogP contribution in [0.2, 0.25) is 10.0 Å². The molecule has 138 valence electrons. The van der Waals surface area contributed by atoms with E-state index in [2.05, 4.69) is 10.6 Å². The summed E-state index contributed by atoms with van der Waals surface area (Å²) >= 11 is 12.0. The van der Waals surface area contributed by atoms with Crippen molar-refractivity contribution in [3.8, 4) is 5.75 Å². The number of halogens is 2. The van der Waals surface area contributed by atoms with Gasteiger partial charge in [0.15, 0.2) is 0 Å². The number of carbonyl (C=O) groups excluding carboxylic acids is 2. The maximum absolute atomic E-state index is 12.7. The first-order valence-electron chi connectivity index (χ1n) is 7.87. The fourth-order valence-electron chi connectivity index (χ4n) is 2.17. The predicted octanol–water partition coefficient (Wildman–Crippen LogP) is 4.91. The van der Waals surface area contributed by atoms with Crippen LogP contribution in [0.15, 0.2) is 36.4 Å². The lowest BCUT2D eigenvalue weighted by molar-refractivity contribution is -0.135. The zero-order valence-electron chi connectivity index (χ0n) is 14.9. The van der Waals surface area contributed by atoms with Crippen molar-refractivity contribution in [3.05, 3.63) is 52.0 Å². The van der Waals surface area contributed by atoms with Gasteiger partial charge >= 0.3 is 0 Å². The van der Waals surface area contributed by atoms with Crippen LogP contribution in [-0.4, -0.2) is 18.9 Å². The summed E-state index contributed by atoms with van der Waals surface area (Å²) in [5.74, 6) is -0.499. The average molecular weight is 395 g/mol. The molecule has 2 rings (SSSR count). The second kappa shape index (κ2) is 7.98. The molecular weight excluding hydrogens is 375 g/mol. The van der Waals surface area contributed by atoms with E-state index in [9.17, 15) is 9.59 Å². The second-order valence-electron chi connectivity index (χ2n) is 6.34. The monoisotopic (exact) mass is 394 g/mol. The summed E-state index contributed by atoms with van der Waals surface area (Å²) < 4.78 is 5.21. The molecule has 2 aromatic carbocycles. The number of nitrogens with one attached hydrogen (secondary N) is 2. The molecule has 0 aliphatic rings. The smallest absolute Gasteiger partial charge is 0.239 e. The van der Waals surface area contributed by atoms with E-state index in [1.54, 1.807) is 36.4 Å². The average Bonchev–Trinajstić information content (AvgIpc) is 2.58. The lowest BCUT2D eigenvalue weighted by atomic mass is 9.90. The molecule has 0 unspecified atom stereocenters. The van der Waals surface area contributed by atoms with Crippen LogP contribution >= 0.6 is 23.2 Å². The van der Waals surface area contributed by atoms with Crippen LogP contribution < -0.4 is 15.4 Å². The fraction of sp³-hybridized carbons (Fsp3) is 0.263. The van der Waals surface area contributed by atoms with Gasteiger partial charge in [0.25, 0.3) is 0 Å². The summed E-state index contributed by atoms with van der Waals surface area (Å²) in [4.78, 5) is 25.4. The Bertz CT molecular complexity index is 851. The third-order valence-corrected chi connectivity index (χ3v) is 4.46. The Kier molecular flexibility index (Phi) is 6.16. The van der Waals surface area contributed by atoms with E-state index in [1.807, 2.05) is 6.92 Å². The Morgan fingerprint density at radius 1 is 0.923 bits per heavy atom. The zero-order valence-corrected chi connectivity index (χ0v) is 16.5. The number of ether oxygens (including phenoxy) is 1. The summed E-state index contributed by atoms with van der Waals surface area (Å²) in [7, 11) is 1.48. The molecule has 5 nitrogen and oxygen atoms in total. The van der Waals surface area contributed by atoms with Crippen LogP contribution in [0.1, 0.15) is 19.4 Å². The summed E-state index contributed by atoms with van der Waals surface area (Å²) in [5, 5.41) is 6.40. The summed E-state index contributed by atoms with van der Waals surface area (Å²) in [6.45, 7) is 4.92. The van der Waals surface area contributed by atoms with Crippen molar-refractivity contribution >= 4 is 46.4 Å². The van der Waals surface area contributed by atoms with Gasteiger partial charge < -0.3 is 15.4 Å². The fourth-order valence-corrected chi connectivity index (χ4v) is 2.51. The molecule has 0 aliphatic carbocycles. The minimum Gasteiger partial charge on any atom is -0.495 e. The SMILES string of the molecule is COc1ccc(Cl)cc1NC(=O)C(C)(C)C(=O)Nc1cc(Cl)ccc1C. The van der Waals surface area contributed by atoms with Crippen LogP contribution in [-0.2, 0) is 9.59 Å². The Labute approximate surface area is 162 Å². The Balaban J connectivity index is 2.20. The molecule has 2 N–H and O–H groups in total. The quantitative estimate of drug-likeness (QED) is 0.707. The molecule has 0 atom stereocenters. The van der Waals surface area contributed by atoms with Crippen LogP contribution in [0.4, 0.5) is 11.4 Å². The molecule has 0 radical (unpaired) electrons. The maximum Gasteiger partial charge on any atom is 0.239 e. The number of methoxy groups -OCH3 is 1. The number of aryl methyl sites for hydroxylation is 1. The van der Waals surface area contributed by atoms with Gasteiger partial charge in [-0.15, -0.1) is 0 Å². The molecule has 0 spiro atoms. The highest BCUT2D eigenvalue weighted by atomic mass is 35.5. The van der Waals surface area contributed by atoms with E-state index in [1.165, 1.54) is 21.0 Å². The topological polar surface area (TPSA) is 67.4 Å². The molecule has 2 amide bonds. The van der Waals surface area contributed by atoms with Crippen molar-refractivity contribution in [2.24, 2.45) is 5.41 Å². The third kappa shape index (κ3) is 4.48. The van der Waals surface area contributed by atoms with Crippen molar-refractivity contribution in [3.63, 3.8) is 0 Å². The number of amides is 2. The highest BCUT2D eigenvalue weighted by Crippen LogP contribution is 2.30. The minimum absolute atomic E-state index is 0.393. The van der Waals surface area contributed by atoms with Gasteiger partial charge in [0.05, 0.1) is 12.8 Å². The van der Waals surface area contributed by atoms with Gasteiger partial charge in [-0.3, -0.25) is 9.59 Å². The number of hydrogen-bond donors (Lipinski definition) is 2. The minimum atomic E-state index is -1.35. The number of anilines is 2. The molecule has 0 aromatic heterocycles. The molecule has 0 saturated heterocycles. The van der Waals surface area contributed by atoms with Crippen molar-refractivity contribution < 1.29 is 14.3 Å². The Hall–Kier alpha value is -2.24. The van der Waals surface area contributed by atoms with Gasteiger partial charge in [0.2, 0.25) is 11.8 Å². The highest BCUT2D eigenvalue weighted by molar-refractivity contribution is 6.31. The highest BCUT2D eigenvalue weighted by Gasteiger charge is 2.36. The summed E-state index contributed by atoms with van der Waals surface area (Å²) in [6, 6.07) is 10.0. The Morgan fingerprint density at radius 3 is 2.00 bits per heavy atom. The Morgan fingerprint density at radius 2 is 1.42 bits per heavy atom. The summed E-state index contributed by atoms with van der Waals surface area (Å²) in [6.07, 6.45) is 0. The lowest BCUT2D eigenvalue weighted by Crippen LogP contribution is -2.41. The van der Waals surface area contributed by atoms with E-state index in [4.69, 9.17) is 27.9 Å². The lowest BCUT2D eigenvalue weighted by Gasteiger charge is -2.24. The van der Waals surface area contributed by atoms with Crippen LogP contribution in [0.5, 0.6) is 5.75 Å². The molecule has 0 bridgehead atoms. The summed E-state index contributed by atoms with van der Waals surface area (Å²) in [5.41, 5.74) is 0.450. The number of rotatable bonds is 5. The van der Waals surface area contributed by atoms with Gasteiger partial charge in [-0.2, -0.15) is 0 Å². The van der Waals surface area contributed by atoms with Gasteiger partial charge in [0.1, 0.15) is 11.2 Å². The van der Waals surface area contributed by atoms with Gasteiger partial charge in [-0.1, -0.05) is 29.3 Å². The van der Waals surface area contributed by atoms with E-state index in [0.29, 0.717) is 27.2 Å². The largest absolute Gasteiger partial charge is 0.495 e. The normalized spacial score (nSPS) is 11.0. The molecule has 26 heavy (non-hydrogen) atoms. The van der Waals surface area contributed by atoms with E-state index in [0.717, 1.165) is 5.56 Å². The number of hydrogen-bond acceptors (Lipinski definition) is 3. The number of carbonyl (C=O) groups is 2. The second-order valence-corrected chi connectivity index (χ2v) is 7.21. The van der Waals surface area contributed by atoms with Crippen molar-refractivity contribution in [1.82, 2.24) is 0 Å². The molecule has 2 aromatic rings. The van der Waals surface area contributed by atoms with Crippen molar-refractivity contribution in [2.75, 3.05) is 17.7 Å². The first kappa shape index (κ1) is 20.1. The zero-order chi connectivity index (χ0) is 19.5. The first-order valence-corrected chi connectivity index (χ1v) is 8.63. The molecule has 0 saturated carbocycles. The van der Waals surface area contributed by atoms with Gasteiger partial charge in [-0.25, -0.2) is 0 Å². The van der Waals surface area contributed by atoms with Crippen LogP contribution in [0.3, 0.4) is 0 Å². The van der Waals surface area contributed by atoms with Crippen LogP contribution in [0, 0.1) is 12.3 Å². The van der Waals surface area contributed by atoms with Gasteiger partial charge in [0, 0.05) is 15.7 Å². The van der Waals surface area contributed by atoms with E-state index < -0.39 is 17.2 Å². The predicted molar refractivity (Wildman–Crippen MR) is 105 cm³/mol. The van der Waals surface area contributed by atoms with Crippen molar-refractivity contribution in [1.29, 1.82) is 0 Å². The number of benzene rings is 2. The standard InChI is InChI=1S/C19H20Cl2N2O3/c1-11-5-6-12(20)9-14(11)22-17(24)19(2,3)18(25)23-15-10-13(21)7-8-16(15)26-4/h5-10H,1-4H3,(H,22,24)(H,23,25). The first-order chi connectivity index (χ1) is 12.1. The molecule has 0 aliphatic heterocycles. The van der Waals surface area contributed by atoms with E-state index >= 15 is 0 Å². The van der Waals surface area contributed by atoms with Gasteiger partial charge in [-0.05, 0) is 56.7 Å². The molecule has 0 heterocycles. The third-order valence-electron chi connectivity index (χ3n) is 3.99. The molecular formula is C19H20Cl2N2O3. The van der Waals surface area contributed by atoms with Crippen molar-refractivity contribution in [2.45, 2.75) is 20.8 Å². The van der Waals surface area contributed by atoms with E-state index in [-0.39, 0.29) is 0 Å². The molecule has 7 heteroatoms. The molecule has 0 fully saturated rings. The van der Waals surface area contributed by atoms with Crippen LogP contribution in [0.25, 0.3) is 0 Å².